The first-order chi connectivity index (χ1) is 10.8. The van der Waals surface area contributed by atoms with Crippen molar-refractivity contribution in [3.63, 3.8) is 0 Å². The molecule has 0 aliphatic heterocycles. The fraction of sp³-hybridized carbons (Fsp3) is 0.556. The molecule has 1 unspecified atom stereocenters. The molecule has 5 nitrogen and oxygen atoms in total. The first-order valence-corrected chi connectivity index (χ1v) is 8.25. The van der Waals surface area contributed by atoms with Gasteiger partial charge < -0.3 is 15.8 Å². The average molecular weight is 315 g/mol. The summed E-state index contributed by atoms with van der Waals surface area (Å²) in [5.74, 6) is 0.133. The fourth-order valence-electron chi connectivity index (χ4n) is 3.62. The summed E-state index contributed by atoms with van der Waals surface area (Å²) in [4.78, 5) is 19.6. The highest BCUT2D eigenvalue weighted by atomic mass is 16.3. The molecule has 2 aromatic heterocycles. The Morgan fingerprint density at radius 2 is 2.22 bits per heavy atom. The van der Waals surface area contributed by atoms with Crippen LogP contribution in [0.1, 0.15) is 54.5 Å². The second-order valence-corrected chi connectivity index (χ2v) is 7.61. The van der Waals surface area contributed by atoms with Crippen molar-refractivity contribution < 1.29 is 9.90 Å². The maximum absolute atomic E-state index is 11.7. The molecule has 0 spiro atoms. The van der Waals surface area contributed by atoms with Crippen LogP contribution in [0.25, 0.3) is 11.0 Å². The number of amides is 1. The van der Waals surface area contributed by atoms with Gasteiger partial charge in [0.2, 0.25) is 0 Å². The standard InChI is InChI=1S/C18H25N3O2/c1-18(2,3)11-4-5-13-10(8-11)9-14-15(20-13)12(6-7-22)16(21-14)17(19)23/h9,11,21-22H,4-8H2,1-3H3,(H2,19,23). The second-order valence-electron chi connectivity index (χ2n) is 7.61. The van der Waals surface area contributed by atoms with Crippen molar-refractivity contribution in [2.45, 2.75) is 46.5 Å². The van der Waals surface area contributed by atoms with Gasteiger partial charge in [-0.15, -0.1) is 0 Å². The molecule has 0 aromatic carbocycles. The molecular weight excluding hydrogens is 290 g/mol. The lowest BCUT2D eigenvalue weighted by molar-refractivity contribution is 0.0995. The van der Waals surface area contributed by atoms with Crippen LogP contribution in [-0.2, 0) is 19.3 Å². The van der Waals surface area contributed by atoms with Crippen LogP contribution in [0.4, 0.5) is 0 Å². The molecule has 1 atom stereocenters. The third kappa shape index (κ3) is 2.85. The molecular formula is C18H25N3O2. The van der Waals surface area contributed by atoms with Gasteiger partial charge in [0.1, 0.15) is 5.69 Å². The Kier molecular flexibility index (Phi) is 3.92. The summed E-state index contributed by atoms with van der Waals surface area (Å²) in [6.07, 6.45) is 3.50. The number of fused-ring (bicyclic) bond motifs is 2. The third-order valence-corrected chi connectivity index (χ3v) is 5.07. The van der Waals surface area contributed by atoms with Crippen molar-refractivity contribution in [3.05, 3.63) is 28.6 Å². The lowest BCUT2D eigenvalue weighted by Gasteiger charge is -2.34. The van der Waals surface area contributed by atoms with Gasteiger partial charge in [-0.25, -0.2) is 0 Å². The number of hydrogen-bond acceptors (Lipinski definition) is 3. The van der Waals surface area contributed by atoms with Crippen molar-refractivity contribution in [3.8, 4) is 0 Å². The van der Waals surface area contributed by atoms with Gasteiger partial charge in [-0.1, -0.05) is 20.8 Å². The SMILES string of the molecule is CC(C)(C)C1CCc2nc3c(CCO)c(C(N)=O)[nH]c3cc2C1. The van der Waals surface area contributed by atoms with Gasteiger partial charge in [-0.05, 0) is 48.6 Å². The Morgan fingerprint density at radius 3 is 2.83 bits per heavy atom. The molecule has 2 aromatic rings. The predicted molar refractivity (Wildman–Crippen MR) is 90.4 cm³/mol. The van der Waals surface area contributed by atoms with E-state index < -0.39 is 5.91 Å². The van der Waals surface area contributed by atoms with Gasteiger partial charge in [-0.2, -0.15) is 0 Å². The first-order valence-electron chi connectivity index (χ1n) is 8.25. The van der Waals surface area contributed by atoms with Gasteiger partial charge in [0, 0.05) is 17.9 Å². The lowest BCUT2D eigenvalue weighted by atomic mass is 9.71. The summed E-state index contributed by atoms with van der Waals surface area (Å²) in [7, 11) is 0. The van der Waals surface area contributed by atoms with Crippen molar-refractivity contribution >= 4 is 16.9 Å². The number of rotatable bonds is 3. The van der Waals surface area contributed by atoms with Gasteiger partial charge >= 0.3 is 0 Å². The molecule has 0 fully saturated rings. The molecule has 0 saturated carbocycles. The number of hydrogen-bond donors (Lipinski definition) is 3. The minimum Gasteiger partial charge on any atom is -0.396 e. The molecule has 124 valence electrons. The van der Waals surface area contributed by atoms with E-state index in [1.807, 2.05) is 0 Å². The quantitative estimate of drug-likeness (QED) is 0.812. The minimum atomic E-state index is -0.503. The van der Waals surface area contributed by atoms with E-state index in [1.54, 1.807) is 0 Å². The van der Waals surface area contributed by atoms with Gasteiger partial charge in [0.25, 0.3) is 5.91 Å². The third-order valence-electron chi connectivity index (χ3n) is 5.07. The Balaban J connectivity index is 2.09. The van der Waals surface area contributed by atoms with E-state index in [2.05, 4.69) is 31.8 Å². The summed E-state index contributed by atoms with van der Waals surface area (Å²) < 4.78 is 0. The Bertz CT molecular complexity index is 756. The van der Waals surface area contributed by atoms with E-state index >= 15 is 0 Å². The second kappa shape index (κ2) is 5.64. The summed E-state index contributed by atoms with van der Waals surface area (Å²) in [6.45, 7) is 6.83. The lowest BCUT2D eigenvalue weighted by Crippen LogP contribution is -2.27. The minimum absolute atomic E-state index is 0.0297. The highest BCUT2D eigenvalue weighted by molar-refractivity contribution is 5.99. The van der Waals surface area contributed by atoms with E-state index in [-0.39, 0.29) is 12.0 Å². The summed E-state index contributed by atoms with van der Waals surface area (Å²) in [6, 6.07) is 2.11. The predicted octanol–water partition coefficient (Wildman–Crippen LogP) is 2.35. The molecule has 0 bridgehead atoms. The normalized spacial score (nSPS) is 18.2. The number of aromatic nitrogens is 2. The number of carbonyl (C=O) groups excluding carboxylic acids is 1. The maximum atomic E-state index is 11.7. The van der Waals surface area contributed by atoms with Crippen LogP contribution >= 0.6 is 0 Å². The number of aromatic amines is 1. The van der Waals surface area contributed by atoms with Crippen LogP contribution in [0.3, 0.4) is 0 Å². The number of pyridine rings is 1. The molecule has 23 heavy (non-hydrogen) atoms. The number of nitrogens with two attached hydrogens (primary N) is 1. The van der Waals surface area contributed by atoms with E-state index in [4.69, 9.17) is 10.7 Å². The van der Waals surface area contributed by atoms with Crippen molar-refractivity contribution in [1.29, 1.82) is 0 Å². The summed E-state index contributed by atoms with van der Waals surface area (Å²) in [5.41, 5.74) is 10.8. The number of primary amides is 1. The smallest absolute Gasteiger partial charge is 0.265 e. The van der Waals surface area contributed by atoms with Crippen LogP contribution in [-0.4, -0.2) is 27.6 Å². The average Bonchev–Trinajstić information content (AvgIpc) is 2.82. The van der Waals surface area contributed by atoms with Gasteiger partial charge in [-0.3, -0.25) is 9.78 Å². The molecule has 0 radical (unpaired) electrons. The van der Waals surface area contributed by atoms with E-state index in [9.17, 15) is 9.90 Å². The van der Waals surface area contributed by atoms with Crippen molar-refractivity contribution in [2.24, 2.45) is 17.1 Å². The molecule has 4 N–H and O–H groups in total. The number of nitrogens with zero attached hydrogens (tertiary/aromatic N) is 1. The van der Waals surface area contributed by atoms with Crippen LogP contribution < -0.4 is 5.73 Å². The van der Waals surface area contributed by atoms with E-state index in [1.165, 1.54) is 5.56 Å². The number of aryl methyl sites for hydroxylation is 1. The molecule has 2 heterocycles. The zero-order valence-electron chi connectivity index (χ0n) is 14.1. The fourth-order valence-corrected chi connectivity index (χ4v) is 3.62. The molecule has 0 saturated heterocycles. The number of nitrogens with one attached hydrogen (secondary N) is 1. The van der Waals surface area contributed by atoms with Gasteiger partial charge in [0.05, 0.1) is 11.0 Å². The Hall–Kier alpha value is -1.88. The highest BCUT2D eigenvalue weighted by Crippen LogP contribution is 2.38. The molecule has 3 rings (SSSR count). The topological polar surface area (TPSA) is 92.0 Å². The van der Waals surface area contributed by atoms with Crippen LogP contribution in [0.15, 0.2) is 6.07 Å². The van der Waals surface area contributed by atoms with Crippen molar-refractivity contribution in [2.75, 3.05) is 6.61 Å². The molecule has 1 aliphatic rings. The van der Waals surface area contributed by atoms with Crippen molar-refractivity contribution in [1.82, 2.24) is 9.97 Å². The largest absolute Gasteiger partial charge is 0.396 e. The highest BCUT2D eigenvalue weighted by Gasteiger charge is 2.30. The molecule has 1 amide bonds. The number of aliphatic hydroxyl groups excluding tert-OH is 1. The maximum Gasteiger partial charge on any atom is 0.265 e. The number of H-pyrrole nitrogens is 1. The van der Waals surface area contributed by atoms with E-state index in [0.717, 1.165) is 41.6 Å². The zero-order valence-corrected chi connectivity index (χ0v) is 14.1. The molecule has 5 heteroatoms. The summed E-state index contributed by atoms with van der Waals surface area (Å²) >= 11 is 0. The van der Waals surface area contributed by atoms with E-state index in [0.29, 0.717) is 18.0 Å². The Morgan fingerprint density at radius 1 is 1.48 bits per heavy atom. The van der Waals surface area contributed by atoms with Crippen LogP contribution in [0.5, 0.6) is 0 Å². The first kappa shape index (κ1) is 16.0. The van der Waals surface area contributed by atoms with Gasteiger partial charge in [0.15, 0.2) is 0 Å². The van der Waals surface area contributed by atoms with Crippen LogP contribution in [0, 0.1) is 11.3 Å². The van der Waals surface area contributed by atoms with Crippen LogP contribution in [0.2, 0.25) is 0 Å². The Labute approximate surface area is 136 Å². The zero-order chi connectivity index (χ0) is 16.8. The summed E-state index contributed by atoms with van der Waals surface area (Å²) in [5, 5.41) is 9.27. The number of carbonyl (C=O) groups is 1. The number of aliphatic hydroxyl groups is 1. The molecule has 1 aliphatic carbocycles. The monoisotopic (exact) mass is 315 g/mol.